The second-order valence-electron chi connectivity index (χ2n) is 7.87. The van der Waals surface area contributed by atoms with Gasteiger partial charge in [0.2, 0.25) is 0 Å². The summed E-state index contributed by atoms with van der Waals surface area (Å²) in [5, 5.41) is 0. The van der Waals surface area contributed by atoms with Crippen LogP contribution in [0.1, 0.15) is 55.8 Å². The Hall–Kier alpha value is -2.22. The lowest BCUT2D eigenvalue weighted by molar-refractivity contribution is 0.192. The highest BCUT2D eigenvalue weighted by molar-refractivity contribution is 7.90. The van der Waals surface area contributed by atoms with Gasteiger partial charge >= 0.3 is 6.01 Å². The molecule has 0 radical (unpaired) electrons. The van der Waals surface area contributed by atoms with Crippen molar-refractivity contribution in [3.8, 4) is 17.3 Å². The van der Waals surface area contributed by atoms with Gasteiger partial charge in [0.05, 0.1) is 22.9 Å². The normalized spacial score (nSPS) is 15.0. The number of rotatable bonds is 7. The van der Waals surface area contributed by atoms with Gasteiger partial charge in [0.15, 0.2) is 9.84 Å². The molecule has 3 rings (SSSR count). The number of hydrogen-bond donors (Lipinski definition) is 0. The van der Waals surface area contributed by atoms with Crippen molar-refractivity contribution in [2.24, 2.45) is 7.05 Å². The third-order valence-electron chi connectivity index (χ3n) is 5.31. The van der Waals surface area contributed by atoms with Gasteiger partial charge in [0.25, 0.3) is 5.56 Å². The Labute approximate surface area is 172 Å². The highest BCUT2D eigenvalue weighted by Gasteiger charge is 2.23. The SMILES string of the molecule is CCCS(=O)(=O)Cc1nc(OC2CCCC2)nc(-c2cc(C)c(=O)n(C)c2)c1C. The van der Waals surface area contributed by atoms with Crippen molar-refractivity contribution in [2.75, 3.05) is 5.75 Å². The van der Waals surface area contributed by atoms with Gasteiger partial charge in [-0.2, -0.15) is 9.97 Å². The third-order valence-corrected chi connectivity index (χ3v) is 7.05. The number of aromatic nitrogens is 3. The van der Waals surface area contributed by atoms with E-state index < -0.39 is 9.84 Å². The van der Waals surface area contributed by atoms with Gasteiger partial charge in [0, 0.05) is 24.4 Å². The zero-order valence-corrected chi connectivity index (χ0v) is 18.4. The summed E-state index contributed by atoms with van der Waals surface area (Å²) < 4.78 is 32.4. The second-order valence-corrected chi connectivity index (χ2v) is 10.1. The van der Waals surface area contributed by atoms with E-state index in [9.17, 15) is 13.2 Å². The van der Waals surface area contributed by atoms with E-state index in [2.05, 4.69) is 9.97 Å². The molecule has 0 bridgehead atoms. The molecule has 29 heavy (non-hydrogen) atoms. The van der Waals surface area contributed by atoms with Crippen LogP contribution in [0.15, 0.2) is 17.1 Å². The van der Waals surface area contributed by atoms with Crippen molar-refractivity contribution in [3.63, 3.8) is 0 Å². The van der Waals surface area contributed by atoms with Crippen LogP contribution >= 0.6 is 0 Å². The van der Waals surface area contributed by atoms with E-state index in [0.29, 0.717) is 28.9 Å². The minimum atomic E-state index is -3.27. The number of aryl methyl sites for hydroxylation is 2. The summed E-state index contributed by atoms with van der Waals surface area (Å²) in [7, 11) is -1.58. The van der Waals surface area contributed by atoms with Crippen molar-refractivity contribution in [1.29, 1.82) is 0 Å². The molecule has 8 heteroatoms. The van der Waals surface area contributed by atoms with Crippen LogP contribution in [-0.2, 0) is 22.6 Å². The fraction of sp³-hybridized carbons (Fsp3) is 0.571. The van der Waals surface area contributed by atoms with E-state index in [1.54, 1.807) is 26.2 Å². The minimum absolute atomic E-state index is 0.0625. The van der Waals surface area contributed by atoms with Crippen LogP contribution in [0.4, 0.5) is 0 Å². The van der Waals surface area contributed by atoms with Gasteiger partial charge < -0.3 is 9.30 Å². The maximum atomic E-state index is 12.5. The lowest BCUT2D eigenvalue weighted by atomic mass is 10.1. The van der Waals surface area contributed by atoms with Crippen LogP contribution < -0.4 is 10.3 Å². The van der Waals surface area contributed by atoms with E-state index in [4.69, 9.17) is 4.74 Å². The van der Waals surface area contributed by atoms with E-state index in [1.807, 2.05) is 13.8 Å². The number of sulfone groups is 1. The van der Waals surface area contributed by atoms with Crippen molar-refractivity contribution < 1.29 is 13.2 Å². The number of ether oxygens (including phenoxy) is 1. The Morgan fingerprint density at radius 1 is 1.21 bits per heavy atom. The highest BCUT2D eigenvalue weighted by atomic mass is 32.2. The monoisotopic (exact) mass is 419 g/mol. The number of nitrogens with zero attached hydrogens (tertiary/aromatic N) is 3. The molecule has 1 fully saturated rings. The molecule has 0 unspecified atom stereocenters. The third kappa shape index (κ3) is 5.04. The minimum Gasteiger partial charge on any atom is -0.460 e. The second kappa shape index (κ2) is 8.65. The molecule has 0 aliphatic heterocycles. The Balaban J connectivity index is 2.10. The van der Waals surface area contributed by atoms with Gasteiger partial charge in [-0.1, -0.05) is 6.92 Å². The Morgan fingerprint density at radius 2 is 1.90 bits per heavy atom. The lowest BCUT2D eigenvalue weighted by Crippen LogP contribution is -2.19. The summed E-state index contributed by atoms with van der Waals surface area (Å²) >= 11 is 0. The molecule has 0 atom stereocenters. The van der Waals surface area contributed by atoms with Crippen LogP contribution in [0.25, 0.3) is 11.3 Å². The largest absolute Gasteiger partial charge is 0.460 e. The molecule has 2 aromatic heterocycles. The zero-order chi connectivity index (χ0) is 21.2. The average Bonchev–Trinajstić information content (AvgIpc) is 3.14. The summed E-state index contributed by atoms with van der Waals surface area (Å²) in [5.41, 5.74) is 3.03. The van der Waals surface area contributed by atoms with Crippen LogP contribution in [0.2, 0.25) is 0 Å². The molecule has 158 valence electrons. The Bertz CT molecular complexity index is 1030. The molecular weight excluding hydrogens is 390 g/mol. The molecular formula is C21H29N3O4S. The van der Waals surface area contributed by atoms with Gasteiger partial charge in [0.1, 0.15) is 6.10 Å². The van der Waals surface area contributed by atoms with Crippen LogP contribution in [0.3, 0.4) is 0 Å². The number of pyridine rings is 1. The smallest absolute Gasteiger partial charge is 0.317 e. The molecule has 0 aromatic carbocycles. The molecule has 2 aromatic rings. The summed E-state index contributed by atoms with van der Waals surface area (Å²) in [6.07, 6.45) is 6.47. The van der Waals surface area contributed by atoms with Crippen LogP contribution in [0.5, 0.6) is 6.01 Å². The number of hydrogen-bond acceptors (Lipinski definition) is 6. The highest BCUT2D eigenvalue weighted by Crippen LogP contribution is 2.28. The summed E-state index contributed by atoms with van der Waals surface area (Å²) in [5.74, 6) is -0.0303. The van der Waals surface area contributed by atoms with Gasteiger partial charge in [-0.25, -0.2) is 8.42 Å². The predicted molar refractivity (Wildman–Crippen MR) is 113 cm³/mol. The molecule has 1 aliphatic carbocycles. The standard InChI is InChI=1S/C21H29N3O4S/c1-5-10-29(26,27)13-18-15(3)19(16-11-14(2)20(25)24(4)12-16)23-21(22-18)28-17-8-6-7-9-17/h11-12,17H,5-10,13H2,1-4H3. The van der Waals surface area contributed by atoms with E-state index in [1.165, 1.54) is 4.57 Å². The fourth-order valence-corrected chi connectivity index (χ4v) is 5.23. The lowest BCUT2D eigenvalue weighted by Gasteiger charge is -2.16. The molecule has 2 heterocycles. The predicted octanol–water partition coefficient (Wildman–Crippen LogP) is 3.11. The first-order chi connectivity index (χ1) is 13.7. The Morgan fingerprint density at radius 3 is 2.52 bits per heavy atom. The van der Waals surface area contributed by atoms with E-state index in [-0.39, 0.29) is 29.2 Å². The Kier molecular flexibility index (Phi) is 6.41. The zero-order valence-electron chi connectivity index (χ0n) is 17.6. The topological polar surface area (TPSA) is 91.2 Å². The molecule has 1 aliphatic rings. The molecule has 0 amide bonds. The maximum Gasteiger partial charge on any atom is 0.317 e. The maximum absolute atomic E-state index is 12.5. The molecule has 0 N–H and O–H groups in total. The average molecular weight is 420 g/mol. The molecule has 7 nitrogen and oxygen atoms in total. The summed E-state index contributed by atoms with van der Waals surface area (Å²) in [4.78, 5) is 21.2. The van der Waals surface area contributed by atoms with Crippen LogP contribution in [0, 0.1) is 13.8 Å². The molecule has 0 saturated heterocycles. The molecule has 0 spiro atoms. The molecule has 1 saturated carbocycles. The van der Waals surface area contributed by atoms with Crippen molar-refractivity contribution in [3.05, 3.63) is 39.4 Å². The van der Waals surface area contributed by atoms with E-state index >= 15 is 0 Å². The summed E-state index contributed by atoms with van der Waals surface area (Å²) in [6, 6.07) is 1.99. The van der Waals surface area contributed by atoms with E-state index in [0.717, 1.165) is 31.2 Å². The van der Waals surface area contributed by atoms with Gasteiger partial charge in [-0.15, -0.1) is 0 Å². The van der Waals surface area contributed by atoms with Crippen molar-refractivity contribution >= 4 is 9.84 Å². The first-order valence-corrected chi connectivity index (χ1v) is 11.9. The first-order valence-electron chi connectivity index (χ1n) is 10.1. The quantitative estimate of drug-likeness (QED) is 0.685. The van der Waals surface area contributed by atoms with Gasteiger partial charge in [-0.05, 0) is 57.6 Å². The summed E-state index contributed by atoms with van der Waals surface area (Å²) in [6.45, 7) is 5.43. The first kappa shape index (κ1) is 21.5. The van der Waals surface area contributed by atoms with Crippen molar-refractivity contribution in [2.45, 2.75) is 64.7 Å². The fourth-order valence-electron chi connectivity index (χ4n) is 3.77. The van der Waals surface area contributed by atoms with Crippen molar-refractivity contribution in [1.82, 2.24) is 14.5 Å². The van der Waals surface area contributed by atoms with Crippen LogP contribution in [-0.4, -0.2) is 34.8 Å². The van der Waals surface area contributed by atoms with Gasteiger partial charge in [-0.3, -0.25) is 4.79 Å².